The Kier molecular flexibility index (Phi) is 13.7. The molecule has 5 atom stereocenters. The minimum Gasteiger partial charge on any atom is -0.456 e. The summed E-state index contributed by atoms with van der Waals surface area (Å²) in [6.45, 7) is 13.0. The molecule has 1 fully saturated rings. The van der Waals surface area contributed by atoms with Gasteiger partial charge in [-0.15, -0.1) is 0 Å². The Balaban J connectivity index is 2.55. The maximum Gasteiger partial charge on any atom is 0.407 e. The van der Waals surface area contributed by atoms with Crippen LogP contribution in [-0.2, 0) is 42.8 Å². The Labute approximate surface area is 213 Å². The third-order valence-corrected chi connectivity index (χ3v) is 4.88. The molecular weight excluding hydrogens is 476 g/mol. The first-order chi connectivity index (χ1) is 16.8. The van der Waals surface area contributed by atoms with E-state index in [0.717, 1.165) is 6.42 Å². The maximum absolute atomic E-state index is 11.8. The lowest BCUT2D eigenvalue weighted by atomic mass is 9.96. The summed E-state index contributed by atoms with van der Waals surface area (Å²) in [4.78, 5) is 46.8. The van der Waals surface area contributed by atoms with E-state index in [9.17, 15) is 19.2 Å². The van der Waals surface area contributed by atoms with Crippen LogP contribution in [0.15, 0.2) is 0 Å². The number of hydrogen-bond donors (Lipinski definition) is 2. The lowest BCUT2D eigenvalue weighted by molar-refractivity contribution is -0.304. The second-order valence-electron chi connectivity index (χ2n) is 9.43. The number of alkyl carbamates (subject to hydrolysis) is 1. The van der Waals surface area contributed by atoms with Gasteiger partial charge in [0.25, 0.3) is 0 Å². The Morgan fingerprint density at radius 1 is 0.806 bits per heavy atom. The van der Waals surface area contributed by atoms with Crippen molar-refractivity contribution in [2.75, 3.05) is 26.2 Å². The fourth-order valence-corrected chi connectivity index (χ4v) is 3.56. The Morgan fingerprint density at radius 3 is 1.92 bits per heavy atom. The maximum atomic E-state index is 11.8. The quantitative estimate of drug-likeness (QED) is 0.209. The van der Waals surface area contributed by atoms with Crippen molar-refractivity contribution in [3.8, 4) is 0 Å². The van der Waals surface area contributed by atoms with E-state index in [0.29, 0.717) is 32.5 Å². The molecule has 1 aliphatic rings. The summed E-state index contributed by atoms with van der Waals surface area (Å²) in [5.74, 6) is -1.81. The first-order valence-corrected chi connectivity index (χ1v) is 12.3. The van der Waals surface area contributed by atoms with Crippen LogP contribution in [0.4, 0.5) is 4.79 Å². The van der Waals surface area contributed by atoms with E-state index < -0.39 is 60.3 Å². The zero-order chi connectivity index (χ0) is 27.3. The number of nitrogens with one attached hydrogen (secondary N) is 2. The zero-order valence-electron chi connectivity index (χ0n) is 22.4. The molecule has 0 aliphatic carbocycles. The highest BCUT2D eigenvalue weighted by Gasteiger charge is 2.51. The topological polar surface area (TPSA) is 148 Å². The standard InChI is InChI=1S/C24H42N2O10/c1-8-18-19(32-15(2)27)20(33-16(3)28)21(34-17(4)29)22(35-18)31-14-10-12-25-11-9-13-26-23(30)36-24(5,6)7/h18-22,25H,8-14H2,1-7H3,(H,26,30). The molecule has 1 amide bonds. The van der Waals surface area contributed by atoms with E-state index in [-0.39, 0.29) is 6.61 Å². The van der Waals surface area contributed by atoms with Crippen molar-refractivity contribution in [3.05, 3.63) is 0 Å². The molecule has 1 aliphatic heterocycles. The van der Waals surface area contributed by atoms with E-state index in [4.69, 9.17) is 28.4 Å². The number of carbonyl (C=O) groups excluding carboxylic acids is 4. The molecular formula is C24H42N2O10. The van der Waals surface area contributed by atoms with Gasteiger partial charge in [-0.3, -0.25) is 14.4 Å². The number of carbonyl (C=O) groups is 4. The van der Waals surface area contributed by atoms with Crippen molar-refractivity contribution in [1.29, 1.82) is 0 Å². The normalized spacial score (nSPS) is 23.9. The second-order valence-corrected chi connectivity index (χ2v) is 9.43. The molecule has 1 saturated heterocycles. The monoisotopic (exact) mass is 518 g/mol. The summed E-state index contributed by atoms with van der Waals surface area (Å²) < 4.78 is 33.1. The summed E-state index contributed by atoms with van der Waals surface area (Å²) >= 11 is 0. The lowest BCUT2D eigenvalue weighted by Gasteiger charge is -2.44. The van der Waals surface area contributed by atoms with Crippen LogP contribution in [0.25, 0.3) is 0 Å². The van der Waals surface area contributed by atoms with Crippen LogP contribution in [0, 0.1) is 0 Å². The smallest absolute Gasteiger partial charge is 0.407 e. The fraction of sp³-hybridized carbons (Fsp3) is 0.833. The molecule has 12 heteroatoms. The highest BCUT2D eigenvalue weighted by atomic mass is 16.7. The van der Waals surface area contributed by atoms with Crippen molar-refractivity contribution in [1.82, 2.24) is 10.6 Å². The largest absolute Gasteiger partial charge is 0.456 e. The van der Waals surface area contributed by atoms with Gasteiger partial charge in [-0.25, -0.2) is 4.79 Å². The van der Waals surface area contributed by atoms with Gasteiger partial charge in [-0.2, -0.15) is 0 Å². The number of hydrogen-bond acceptors (Lipinski definition) is 11. The molecule has 0 radical (unpaired) electrons. The Hall–Kier alpha value is -2.44. The van der Waals surface area contributed by atoms with Crippen LogP contribution < -0.4 is 10.6 Å². The average Bonchev–Trinajstić information content (AvgIpc) is 2.73. The van der Waals surface area contributed by atoms with Gasteiger partial charge in [0, 0.05) is 27.3 Å². The predicted molar refractivity (Wildman–Crippen MR) is 128 cm³/mol. The van der Waals surface area contributed by atoms with Gasteiger partial charge >= 0.3 is 24.0 Å². The predicted octanol–water partition coefficient (Wildman–Crippen LogP) is 1.83. The van der Waals surface area contributed by atoms with Gasteiger partial charge in [-0.05, 0) is 53.1 Å². The number of amides is 1. The Morgan fingerprint density at radius 2 is 1.36 bits per heavy atom. The van der Waals surface area contributed by atoms with Crippen molar-refractivity contribution >= 4 is 24.0 Å². The van der Waals surface area contributed by atoms with Crippen LogP contribution in [0.5, 0.6) is 0 Å². The Bertz CT molecular complexity index is 724. The minimum absolute atomic E-state index is 0.271. The molecule has 0 bridgehead atoms. The van der Waals surface area contributed by atoms with Gasteiger partial charge in [-0.1, -0.05) is 6.92 Å². The van der Waals surface area contributed by atoms with E-state index in [1.54, 1.807) is 20.8 Å². The van der Waals surface area contributed by atoms with E-state index in [1.807, 2.05) is 6.92 Å². The highest BCUT2D eigenvalue weighted by Crippen LogP contribution is 2.30. The SMILES string of the molecule is CCC1OC(OCCCNCCCNC(=O)OC(C)(C)C)C(OC(C)=O)C(OC(C)=O)C1OC(C)=O. The molecule has 1 rings (SSSR count). The van der Waals surface area contributed by atoms with Gasteiger partial charge in [0.2, 0.25) is 0 Å². The number of esters is 3. The molecule has 0 spiro atoms. The average molecular weight is 519 g/mol. The molecule has 2 N–H and O–H groups in total. The van der Waals surface area contributed by atoms with Crippen LogP contribution in [0.2, 0.25) is 0 Å². The van der Waals surface area contributed by atoms with Crippen LogP contribution in [0.1, 0.15) is 67.7 Å². The summed E-state index contributed by atoms with van der Waals surface area (Å²) in [5.41, 5.74) is -0.532. The van der Waals surface area contributed by atoms with Crippen molar-refractivity contribution in [3.63, 3.8) is 0 Å². The molecule has 12 nitrogen and oxygen atoms in total. The molecule has 0 aromatic carbocycles. The molecule has 0 aromatic rings. The molecule has 1 heterocycles. The highest BCUT2D eigenvalue weighted by molar-refractivity contribution is 5.68. The van der Waals surface area contributed by atoms with E-state index >= 15 is 0 Å². The molecule has 36 heavy (non-hydrogen) atoms. The third kappa shape index (κ3) is 12.5. The first-order valence-electron chi connectivity index (χ1n) is 12.3. The number of rotatable bonds is 13. The van der Waals surface area contributed by atoms with Crippen LogP contribution in [0.3, 0.4) is 0 Å². The van der Waals surface area contributed by atoms with Crippen molar-refractivity contribution < 1.29 is 47.6 Å². The summed E-state index contributed by atoms with van der Waals surface area (Å²) in [7, 11) is 0. The lowest BCUT2D eigenvalue weighted by Crippen LogP contribution is -2.61. The minimum atomic E-state index is -1.11. The van der Waals surface area contributed by atoms with Crippen molar-refractivity contribution in [2.24, 2.45) is 0 Å². The van der Waals surface area contributed by atoms with E-state index in [1.165, 1.54) is 20.8 Å². The second kappa shape index (κ2) is 15.6. The molecule has 0 saturated carbocycles. The summed E-state index contributed by atoms with van der Waals surface area (Å²) in [5, 5.41) is 5.94. The number of ether oxygens (including phenoxy) is 6. The summed E-state index contributed by atoms with van der Waals surface area (Å²) in [6, 6.07) is 0. The summed E-state index contributed by atoms with van der Waals surface area (Å²) in [6.07, 6.45) is -3.41. The van der Waals surface area contributed by atoms with Crippen LogP contribution in [-0.4, -0.2) is 86.5 Å². The molecule has 5 unspecified atom stereocenters. The first kappa shape index (κ1) is 31.6. The van der Waals surface area contributed by atoms with Crippen LogP contribution >= 0.6 is 0 Å². The van der Waals surface area contributed by atoms with Crippen molar-refractivity contribution in [2.45, 2.75) is 104 Å². The molecule has 0 aromatic heterocycles. The zero-order valence-corrected chi connectivity index (χ0v) is 22.4. The van der Waals surface area contributed by atoms with Gasteiger partial charge < -0.3 is 39.1 Å². The van der Waals surface area contributed by atoms with Gasteiger partial charge in [0.05, 0.1) is 6.61 Å². The van der Waals surface area contributed by atoms with E-state index in [2.05, 4.69) is 10.6 Å². The molecule has 208 valence electrons. The van der Waals surface area contributed by atoms with Gasteiger partial charge in [0.15, 0.2) is 24.6 Å². The van der Waals surface area contributed by atoms with Gasteiger partial charge in [0.1, 0.15) is 11.7 Å². The third-order valence-electron chi connectivity index (χ3n) is 4.88. The fourth-order valence-electron chi connectivity index (χ4n) is 3.56.